The lowest BCUT2D eigenvalue weighted by atomic mass is 10.1. The van der Waals surface area contributed by atoms with Gasteiger partial charge in [-0.3, -0.25) is 4.79 Å². The molecule has 0 spiro atoms. The van der Waals surface area contributed by atoms with E-state index in [1.54, 1.807) is 11.9 Å². The molecule has 0 atom stereocenters. The van der Waals surface area contributed by atoms with E-state index in [1.807, 2.05) is 0 Å². The molecule has 0 aromatic heterocycles. The molecule has 1 amide bonds. The summed E-state index contributed by atoms with van der Waals surface area (Å²) in [6.45, 7) is 0.802. The minimum Gasteiger partial charge on any atom is -0.515 e. The molecule has 1 heterocycles. The number of piperidine rings is 1. The largest absolute Gasteiger partial charge is 0.515 e. The summed E-state index contributed by atoms with van der Waals surface area (Å²) in [6.07, 6.45) is 2.58. The maximum Gasteiger partial charge on any atom is 0.252 e. The lowest BCUT2D eigenvalue weighted by Gasteiger charge is -2.23. The Hall–Kier alpha value is -0.990. The van der Waals surface area contributed by atoms with Crippen molar-refractivity contribution in [1.29, 1.82) is 0 Å². The fourth-order valence-electron chi connectivity index (χ4n) is 1.08. The highest BCUT2D eigenvalue weighted by atomic mass is 16.2. The zero-order valence-corrected chi connectivity index (χ0v) is 6.00. The molecular weight excluding hydrogens is 130 g/mol. The Bertz CT molecular complexity index is 174. The third-order valence-corrected chi connectivity index (χ3v) is 1.72. The van der Waals surface area contributed by atoms with Crippen LogP contribution in [0, 0.1) is 0 Å². The topological polar surface area (TPSA) is 40.5 Å². The number of carbonyl (C=O) groups is 1. The first-order valence-electron chi connectivity index (χ1n) is 3.34. The van der Waals surface area contributed by atoms with Gasteiger partial charge in [-0.2, -0.15) is 0 Å². The van der Waals surface area contributed by atoms with E-state index in [2.05, 4.69) is 0 Å². The fourth-order valence-corrected chi connectivity index (χ4v) is 1.08. The van der Waals surface area contributed by atoms with Gasteiger partial charge in [0, 0.05) is 13.6 Å². The fraction of sp³-hybridized carbons (Fsp3) is 0.571. The van der Waals surface area contributed by atoms with Crippen molar-refractivity contribution < 1.29 is 9.90 Å². The molecule has 3 nitrogen and oxygen atoms in total. The normalized spacial score (nSPS) is 23.9. The second-order valence-electron chi connectivity index (χ2n) is 2.48. The molecule has 10 heavy (non-hydrogen) atoms. The molecule has 0 aromatic carbocycles. The van der Waals surface area contributed by atoms with Gasteiger partial charge in [0.25, 0.3) is 5.91 Å². The van der Waals surface area contributed by atoms with Gasteiger partial charge < -0.3 is 10.0 Å². The van der Waals surface area contributed by atoms with Crippen LogP contribution in [0.5, 0.6) is 0 Å². The Labute approximate surface area is 59.9 Å². The maximum absolute atomic E-state index is 11.1. The van der Waals surface area contributed by atoms with Crippen LogP contribution in [0.15, 0.2) is 11.8 Å². The summed E-state index contributed by atoms with van der Waals surface area (Å²) in [6, 6.07) is 0. The summed E-state index contributed by atoms with van der Waals surface area (Å²) in [5.41, 5.74) is 0.522. The summed E-state index contributed by atoms with van der Waals surface area (Å²) in [5, 5.41) is 8.57. The molecule has 1 saturated heterocycles. The van der Waals surface area contributed by atoms with Crippen molar-refractivity contribution in [3.8, 4) is 0 Å². The maximum atomic E-state index is 11.1. The average Bonchev–Trinajstić information content (AvgIpc) is 1.95. The van der Waals surface area contributed by atoms with E-state index in [9.17, 15) is 4.79 Å². The minimum atomic E-state index is -0.0475. The van der Waals surface area contributed by atoms with Gasteiger partial charge in [-0.15, -0.1) is 0 Å². The predicted octanol–water partition coefficient (Wildman–Crippen LogP) is 0.681. The van der Waals surface area contributed by atoms with Gasteiger partial charge in [-0.05, 0) is 12.8 Å². The van der Waals surface area contributed by atoms with E-state index >= 15 is 0 Å². The Kier molecular flexibility index (Phi) is 1.94. The molecule has 1 fully saturated rings. The number of amides is 1. The lowest BCUT2D eigenvalue weighted by molar-refractivity contribution is -0.127. The molecule has 0 saturated carbocycles. The third kappa shape index (κ3) is 1.12. The molecule has 3 heteroatoms. The van der Waals surface area contributed by atoms with E-state index < -0.39 is 0 Å². The molecule has 0 bridgehead atoms. The van der Waals surface area contributed by atoms with Gasteiger partial charge >= 0.3 is 0 Å². The van der Waals surface area contributed by atoms with Gasteiger partial charge in [0.15, 0.2) is 0 Å². The van der Waals surface area contributed by atoms with E-state index in [0.717, 1.165) is 19.2 Å². The van der Waals surface area contributed by atoms with E-state index in [0.29, 0.717) is 12.0 Å². The Morgan fingerprint density at radius 3 is 2.90 bits per heavy atom. The zero-order valence-electron chi connectivity index (χ0n) is 6.00. The Balaban J connectivity index is 2.69. The first-order chi connectivity index (χ1) is 4.75. The lowest BCUT2D eigenvalue weighted by Crippen LogP contribution is -2.33. The van der Waals surface area contributed by atoms with E-state index in [1.165, 1.54) is 0 Å². The molecule has 0 aromatic rings. The van der Waals surface area contributed by atoms with Crippen LogP contribution in [-0.4, -0.2) is 29.5 Å². The van der Waals surface area contributed by atoms with Crippen molar-refractivity contribution in [3.63, 3.8) is 0 Å². The van der Waals surface area contributed by atoms with Crippen LogP contribution in [0.25, 0.3) is 0 Å². The summed E-state index contributed by atoms with van der Waals surface area (Å²) in [4.78, 5) is 12.7. The molecule has 0 unspecified atom stereocenters. The number of aliphatic hydroxyl groups excluding tert-OH is 1. The molecule has 1 rings (SSSR count). The molecular formula is C7H11NO2. The first kappa shape index (κ1) is 7.12. The van der Waals surface area contributed by atoms with Gasteiger partial charge in [0.2, 0.25) is 0 Å². The van der Waals surface area contributed by atoms with E-state index in [4.69, 9.17) is 5.11 Å². The smallest absolute Gasteiger partial charge is 0.252 e. The average molecular weight is 141 g/mol. The van der Waals surface area contributed by atoms with E-state index in [-0.39, 0.29) is 5.91 Å². The summed E-state index contributed by atoms with van der Waals surface area (Å²) < 4.78 is 0. The molecule has 0 aliphatic carbocycles. The number of rotatable bonds is 0. The zero-order chi connectivity index (χ0) is 7.56. The number of nitrogens with zero attached hydrogens (tertiary/aromatic N) is 1. The number of hydrogen-bond donors (Lipinski definition) is 1. The van der Waals surface area contributed by atoms with Crippen LogP contribution in [0.1, 0.15) is 12.8 Å². The predicted molar refractivity (Wildman–Crippen MR) is 37.6 cm³/mol. The highest BCUT2D eigenvalue weighted by Crippen LogP contribution is 2.14. The molecule has 56 valence electrons. The molecule has 0 radical (unpaired) electrons. The summed E-state index contributed by atoms with van der Waals surface area (Å²) in [7, 11) is 1.74. The second-order valence-corrected chi connectivity index (χ2v) is 2.48. The standard InChI is InChI=1S/C7H11NO2/c1-8-4-2-3-6(5-9)7(8)10/h5,9H,2-4H2,1H3/b6-5-. The Morgan fingerprint density at radius 1 is 1.70 bits per heavy atom. The third-order valence-electron chi connectivity index (χ3n) is 1.72. The van der Waals surface area contributed by atoms with Crippen LogP contribution >= 0.6 is 0 Å². The number of likely N-dealkylation sites (N-methyl/N-ethyl adjacent to an activating group) is 1. The van der Waals surface area contributed by atoms with Crippen LogP contribution < -0.4 is 0 Å². The SMILES string of the molecule is CN1CCC/C(=C/O)C1=O. The van der Waals surface area contributed by atoms with Crippen molar-refractivity contribution in [1.82, 2.24) is 4.90 Å². The number of hydrogen-bond acceptors (Lipinski definition) is 2. The minimum absolute atomic E-state index is 0.0475. The second kappa shape index (κ2) is 2.73. The number of aliphatic hydroxyl groups is 1. The van der Waals surface area contributed by atoms with Crippen molar-refractivity contribution in [2.24, 2.45) is 0 Å². The van der Waals surface area contributed by atoms with Crippen LogP contribution in [0.4, 0.5) is 0 Å². The Morgan fingerprint density at radius 2 is 2.40 bits per heavy atom. The summed E-state index contributed by atoms with van der Waals surface area (Å²) in [5.74, 6) is -0.0475. The van der Waals surface area contributed by atoms with Gasteiger partial charge in [0.05, 0.1) is 11.8 Å². The van der Waals surface area contributed by atoms with Crippen molar-refractivity contribution in [2.75, 3.05) is 13.6 Å². The van der Waals surface area contributed by atoms with Gasteiger partial charge in [-0.25, -0.2) is 0 Å². The number of carbonyl (C=O) groups excluding carboxylic acids is 1. The van der Waals surface area contributed by atoms with Crippen LogP contribution in [0.3, 0.4) is 0 Å². The van der Waals surface area contributed by atoms with Gasteiger partial charge in [0.1, 0.15) is 0 Å². The van der Waals surface area contributed by atoms with Crippen molar-refractivity contribution in [3.05, 3.63) is 11.8 Å². The highest BCUT2D eigenvalue weighted by molar-refractivity contribution is 5.93. The van der Waals surface area contributed by atoms with Crippen LogP contribution in [0.2, 0.25) is 0 Å². The highest BCUT2D eigenvalue weighted by Gasteiger charge is 2.19. The monoisotopic (exact) mass is 141 g/mol. The number of likely N-dealkylation sites (tertiary alicyclic amines) is 1. The summed E-state index contributed by atoms with van der Waals surface area (Å²) >= 11 is 0. The van der Waals surface area contributed by atoms with Crippen molar-refractivity contribution in [2.45, 2.75) is 12.8 Å². The van der Waals surface area contributed by atoms with Crippen molar-refractivity contribution >= 4 is 5.91 Å². The van der Waals surface area contributed by atoms with Gasteiger partial charge in [-0.1, -0.05) is 0 Å². The van der Waals surface area contributed by atoms with Crippen LogP contribution in [-0.2, 0) is 4.79 Å². The quantitative estimate of drug-likeness (QED) is 0.398. The molecule has 1 aliphatic rings. The molecule has 1 aliphatic heterocycles. The first-order valence-corrected chi connectivity index (χ1v) is 3.34. The molecule has 1 N–H and O–H groups in total.